The third kappa shape index (κ3) is 2.09. The number of rotatable bonds is 2. The summed E-state index contributed by atoms with van der Waals surface area (Å²) in [5.41, 5.74) is 1.21. The van der Waals surface area contributed by atoms with Gasteiger partial charge in [0.15, 0.2) is 0 Å². The Labute approximate surface area is 106 Å². The summed E-state index contributed by atoms with van der Waals surface area (Å²) in [5.74, 6) is 0. The van der Waals surface area contributed by atoms with Gasteiger partial charge < -0.3 is 0 Å². The Bertz CT molecular complexity index is 538. The van der Waals surface area contributed by atoms with Crippen LogP contribution in [-0.4, -0.2) is 41.0 Å². The summed E-state index contributed by atoms with van der Waals surface area (Å²) in [5, 5.41) is 4.06. The van der Waals surface area contributed by atoms with Crippen molar-refractivity contribution in [3.8, 4) is 0 Å². The maximum atomic E-state index is 12.4. The van der Waals surface area contributed by atoms with Crippen LogP contribution < -0.4 is 0 Å². The van der Waals surface area contributed by atoms with Crippen molar-refractivity contribution in [2.24, 2.45) is 7.05 Å². The molecule has 0 saturated carbocycles. The molecule has 1 atom stereocenters. The van der Waals surface area contributed by atoms with Gasteiger partial charge in [-0.3, -0.25) is 4.68 Å². The van der Waals surface area contributed by atoms with Crippen LogP contribution in [0.3, 0.4) is 0 Å². The van der Waals surface area contributed by atoms with Gasteiger partial charge in [0.2, 0.25) is 10.0 Å². The van der Waals surface area contributed by atoms with E-state index in [1.807, 2.05) is 0 Å². The molecule has 1 saturated heterocycles. The molecule has 0 spiro atoms. The molecule has 17 heavy (non-hydrogen) atoms. The maximum Gasteiger partial charge on any atom is 0.246 e. The average Bonchev–Trinajstić information content (AvgIpc) is 2.73. The SMILES string of the molecule is Cc1nn(C)c(C)c1S(=O)(=O)N1CCC(Cl)C1. The van der Waals surface area contributed by atoms with E-state index in [9.17, 15) is 8.42 Å². The number of aromatic nitrogens is 2. The predicted molar refractivity (Wildman–Crippen MR) is 65.7 cm³/mol. The quantitative estimate of drug-likeness (QED) is 0.759. The first-order valence-electron chi connectivity index (χ1n) is 5.48. The van der Waals surface area contributed by atoms with E-state index in [2.05, 4.69) is 5.10 Å². The first-order valence-corrected chi connectivity index (χ1v) is 7.36. The van der Waals surface area contributed by atoms with Crippen LogP contribution >= 0.6 is 11.6 Å². The van der Waals surface area contributed by atoms with E-state index in [-0.39, 0.29) is 5.38 Å². The average molecular weight is 278 g/mol. The molecule has 0 amide bonds. The van der Waals surface area contributed by atoms with Crippen LogP contribution in [0.1, 0.15) is 17.8 Å². The van der Waals surface area contributed by atoms with Crippen molar-refractivity contribution in [3.63, 3.8) is 0 Å². The summed E-state index contributed by atoms with van der Waals surface area (Å²) in [6, 6.07) is 0. The maximum absolute atomic E-state index is 12.4. The van der Waals surface area contributed by atoms with Crippen molar-refractivity contribution in [1.29, 1.82) is 0 Å². The topological polar surface area (TPSA) is 55.2 Å². The van der Waals surface area contributed by atoms with Crippen LogP contribution in [0, 0.1) is 13.8 Å². The molecule has 96 valence electrons. The molecule has 0 aliphatic carbocycles. The van der Waals surface area contributed by atoms with Gasteiger partial charge in [-0.25, -0.2) is 8.42 Å². The fourth-order valence-electron chi connectivity index (χ4n) is 2.16. The Morgan fingerprint density at radius 3 is 2.47 bits per heavy atom. The van der Waals surface area contributed by atoms with E-state index < -0.39 is 10.0 Å². The van der Waals surface area contributed by atoms with Crippen molar-refractivity contribution < 1.29 is 8.42 Å². The molecule has 0 N–H and O–H groups in total. The number of aryl methyl sites for hydroxylation is 2. The highest BCUT2D eigenvalue weighted by molar-refractivity contribution is 7.89. The monoisotopic (exact) mass is 277 g/mol. The number of hydrogen-bond donors (Lipinski definition) is 0. The Hall–Kier alpha value is -0.590. The van der Waals surface area contributed by atoms with Gasteiger partial charge in [-0.1, -0.05) is 0 Å². The highest BCUT2D eigenvalue weighted by Crippen LogP contribution is 2.27. The Balaban J connectivity index is 2.45. The predicted octanol–water partition coefficient (Wildman–Crippen LogP) is 1.04. The molecule has 7 heteroatoms. The molecule has 0 radical (unpaired) electrons. The molecular weight excluding hydrogens is 262 g/mol. The summed E-state index contributed by atoms with van der Waals surface area (Å²) in [6.07, 6.45) is 0.707. The molecule has 2 heterocycles. The first kappa shape index (κ1) is 12.9. The minimum atomic E-state index is -3.45. The van der Waals surface area contributed by atoms with Gasteiger partial charge in [0.25, 0.3) is 0 Å². The van der Waals surface area contributed by atoms with Crippen LogP contribution in [0.4, 0.5) is 0 Å². The summed E-state index contributed by atoms with van der Waals surface area (Å²) < 4.78 is 27.9. The largest absolute Gasteiger partial charge is 0.271 e. The van der Waals surface area contributed by atoms with Gasteiger partial charge in [-0.15, -0.1) is 11.6 Å². The Morgan fingerprint density at radius 2 is 2.06 bits per heavy atom. The molecular formula is C10H16ClN3O2S. The third-order valence-corrected chi connectivity index (χ3v) is 5.61. The lowest BCUT2D eigenvalue weighted by molar-refractivity contribution is 0.476. The van der Waals surface area contributed by atoms with Gasteiger partial charge >= 0.3 is 0 Å². The minimum Gasteiger partial charge on any atom is -0.271 e. The Kier molecular flexibility index (Phi) is 3.22. The summed E-state index contributed by atoms with van der Waals surface area (Å²) >= 11 is 5.96. The van der Waals surface area contributed by atoms with Crippen molar-refractivity contribution in [2.45, 2.75) is 30.5 Å². The first-order chi connectivity index (χ1) is 7.84. The number of hydrogen-bond acceptors (Lipinski definition) is 3. The zero-order chi connectivity index (χ0) is 12.8. The molecule has 5 nitrogen and oxygen atoms in total. The number of halogens is 1. The van der Waals surface area contributed by atoms with Crippen LogP contribution in [0.25, 0.3) is 0 Å². The number of sulfonamides is 1. The molecule has 2 rings (SSSR count). The van der Waals surface area contributed by atoms with E-state index in [0.29, 0.717) is 35.8 Å². The van der Waals surface area contributed by atoms with Gasteiger partial charge in [0.05, 0.1) is 11.4 Å². The van der Waals surface area contributed by atoms with E-state index in [1.54, 1.807) is 25.6 Å². The van der Waals surface area contributed by atoms with E-state index in [4.69, 9.17) is 11.6 Å². The summed E-state index contributed by atoms with van der Waals surface area (Å²) in [7, 11) is -1.70. The van der Waals surface area contributed by atoms with Crippen LogP contribution in [0.5, 0.6) is 0 Å². The van der Waals surface area contributed by atoms with Gasteiger partial charge in [0, 0.05) is 25.5 Å². The third-order valence-electron chi connectivity index (χ3n) is 3.13. The van der Waals surface area contributed by atoms with E-state index in [0.717, 1.165) is 0 Å². The standard InChI is InChI=1S/C10H16ClN3O2S/c1-7-10(8(2)13(3)12-7)17(15,16)14-5-4-9(11)6-14/h9H,4-6H2,1-3H3. The smallest absolute Gasteiger partial charge is 0.246 e. The van der Waals surface area contributed by atoms with Crippen molar-refractivity contribution in [1.82, 2.24) is 14.1 Å². The van der Waals surface area contributed by atoms with Gasteiger partial charge in [-0.2, -0.15) is 9.40 Å². The summed E-state index contributed by atoms with van der Waals surface area (Å²) in [6.45, 7) is 4.36. The van der Waals surface area contributed by atoms with Gasteiger partial charge in [-0.05, 0) is 20.3 Å². The Morgan fingerprint density at radius 1 is 1.41 bits per heavy atom. The molecule has 1 aromatic rings. The molecule has 1 unspecified atom stereocenters. The van der Waals surface area contributed by atoms with E-state index in [1.165, 1.54) is 4.31 Å². The van der Waals surface area contributed by atoms with Crippen molar-refractivity contribution in [3.05, 3.63) is 11.4 Å². The second-order valence-corrected chi connectivity index (χ2v) is 6.86. The zero-order valence-corrected chi connectivity index (χ0v) is 11.7. The molecule has 1 aliphatic heterocycles. The fraction of sp³-hybridized carbons (Fsp3) is 0.700. The van der Waals surface area contributed by atoms with Crippen molar-refractivity contribution >= 4 is 21.6 Å². The lowest BCUT2D eigenvalue weighted by Gasteiger charge is -2.15. The summed E-state index contributed by atoms with van der Waals surface area (Å²) in [4.78, 5) is 0.325. The van der Waals surface area contributed by atoms with E-state index >= 15 is 0 Å². The van der Waals surface area contributed by atoms with Crippen molar-refractivity contribution in [2.75, 3.05) is 13.1 Å². The zero-order valence-electron chi connectivity index (χ0n) is 10.1. The van der Waals surface area contributed by atoms with Crippen LogP contribution in [-0.2, 0) is 17.1 Å². The highest BCUT2D eigenvalue weighted by Gasteiger charge is 2.35. The molecule has 0 bridgehead atoms. The number of alkyl halides is 1. The fourth-order valence-corrected chi connectivity index (χ4v) is 4.41. The second-order valence-electron chi connectivity index (χ2n) is 4.37. The molecule has 1 fully saturated rings. The highest BCUT2D eigenvalue weighted by atomic mass is 35.5. The number of nitrogens with zero attached hydrogens (tertiary/aromatic N) is 3. The normalized spacial score (nSPS) is 22.2. The minimum absolute atomic E-state index is 0.0814. The van der Waals surface area contributed by atoms with Crippen LogP contribution in [0.15, 0.2) is 4.90 Å². The lowest BCUT2D eigenvalue weighted by Crippen LogP contribution is -2.29. The molecule has 1 aliphatic rings. The molecule has 0 aromatic carbocycles. The lowest BCUT2D eigenvalue weighted by atomic mass is 10.4. The van der Waals surface area contributed by atoms with Crippen LogP contribution in [0.2, 0.25) is 0 Å². The molecule has 1 aromatic heterocycles. The second kappa shape index (κ2) is 4.26. The van der Waals surface area contributed by atoms with Gasteiger partial charge in [0.1, 0.15) is 4.90 Å².